The minimum Gasteiger partial charge on any atom is -0.393 e. The van der Waals surface area contributed by atoms with E-state index in [9.17, 15) is 14.7 Å². The summed E-state index contributed by atoms with van der Waals surface area (Å²) in [5.74, 6) is 0.0374. The van der Waals surface area contributed by atoms with Crippen molar-refractivity contribution in [2.75, 3.05) is 6.54 Å². The molecule has 5 nitrogen and oxygen atoms in total. The molecule has 3 rings (SSSR count). The van der Waals surface area contributed by atoms with E-state index in [1.165, 1.54) is 6.07 Å². The molecule has 2 unspecified atom stereocenters. The van der Waals surface area contributed by atoms with Crippen LogP contribution in [0.15, 0.2) is 35.1 Å². The summed E-state index contributed by atoms with van der Waals surface area (Å²) >= 11 is 0. The summed E-state index contributed by atoms with van der Waals surface area (Å²) < 4.78 is 0. The molecule has 1 aromatic heterocycles. The van der Waals surface area contributed by atoms with Crippen molar-refractivity contribution >= 4 is 16.8 Å². The molecular weight excluding hydrogens is 268 g/mol. The molecule has 5 heteroatoms. The molecule has 110 valence electrons. The highest BCUT2D eigenvalue weighted by atomic mass is 16.3. The van der Waals surface area contributed by atoms with Gasteiger partial charge in [0.2, 0.25) is 0 Å². The van der Waals surface area contributed by atoms with E-state index < -0.39 is 0 Å². The predicted octanol–water partition coefficient (Wildman–Crippen LogP) is 1.42. The maximum Gasteiger partial charge on any atom is 0.267 e. The number of hydrogen-bond acceptors (Lipinski definition) is 3. The molecule has 1 saturated carbocycles. The molecular formula is C16H18N2O3. The maximum atomic E-state index is 12.1. The first kappa shape index (κ1) is 13.8. The van der Waals surface area contributed by atoms with Crippen LogP contribution in [0.25, 0.3) is 10.9 Å². The Kier molecular flexibility index (Phi) is 3.75. The lowest BCUT2D eigenvalue weighted by molar-refractivity contribution is 0.0940. The fraction of sp³-hybridized carbons (Fsp3) is 0.375. The molecule has 1 aliphatic rings. The van der Waals surface area contributed by atoms with Crippen molar-refractivity contribution in [1.82, 2.24) is 10.3 Å². The highest BCUT2D eigenvalue weighted by Gasteiger charge is 2.23. The van der Waals surface area contributed by atoms with Crippen LogP contribution in [0.4, 0.5) is 0 Å². The third-order valence-corrected chi connectivity index (χ3v) is 4.05. The number of aromatic amines is 1. The van der Waals surface area contributed by atoms with E-state index in [-0.39, 0.29) is 23.1 Å². The number of para-hydroxylation sites is 1. The number of rotatable bonds is 3. The van der Waals surface area contributed by atoms with Crippen LogP contribution >= 0.6 is 0 Å². The molecule has 1 aromatic carbocycles. The Morgan fingerprint density at radius 1 is 1.33 bits per heavy atom. The summed E-state index contributed by atoms with van der Waals surface area (Å²) in [5, 5.41) is 12.9. The number of fused-ring (bicyclic) bond motifs is 1. The molecule has 2 aromatic rings. The van der Waals surface area contributed by atoms with Crippen molar-refractivity contribution in [3.8, 4) is 0 Å². The number of carbonyl (C=O) groups is 1. The van der Waals surface area contributed by atoms with Crippen LogP contribution in [0, 0.1) is 5.92 Å². The van der Waals surface area contributed by atoms with Crippen molar-refractivity contribution in [3.63, 3.8) is 0 Å². The second-order valence-electron chi connectivity index (χ2n) is 5.64. The largest absolute Gasteiger partial charge is 0.393 e. The lowest BCUT2D eigenvalue weighted by atomic mass is 10.1. The topological polar surface area (TPSA) is 82.2 Å². The second-order valence-corrected chi connectivity index (χ2v) is 5.64. The molecule has 1 fully saturated rings. The predicted molar refractivity (Wildman–Crippen MR) is 80.2 cm³/mol. The number of hydrogen-bond donors (Lipinski definition) is 3. The Labute approximate surface area is 122 Å². The third kappa shape index (κ3) is 2.97. The first-order valence-electron chi connectivity index (χ1n) is 7.22. The summed E-state index contributed by atoms with van der Waals surface area (Å²) in [5.41, 5.74) is 0.773. The van der Waals surface area contributed by atoms with Gasteiger partial charge in [0.15, 0.2) is 5.43 Å². The van der Waals surface area contributed by atoms with Crippen molar-refractivity contribution in [3.05, 3.63) is 46.2 Å². The van der Waals surface area contributed by atoms with Crippen molar-refractivity contribution in [2.45, 2.75) is 25.4 Å². The Morgan fingerprint density at radius 3 is 2.90 bits per heavy atom. The summed E-state index contributed by atoms with van der Waals surface area (Å²) in [6.45, 7) is 0.532. The smallest absolute Gasteiger partial charge is 0.267 e. The minimum atomic E-state index is -0.278. The number of benzene rings is 1. The first-order valence-corrected chi connectivity index (χ1v) is 7.22. The van der Waals surface area contributed by atoms with Gasteiger partial charge in [-0.15, -0.1) is 0 Å². The van der Waals surface area contributed by atoms with Gasteiger partial charge in [0.1, 0.15) is 5.69 Å². The summed E-state index contributed by atoms with van der Waals surface area (Å²) in [6.07, 6.45) is 2.21. The molecule has 0 aliphatic heterocycles. The molecule has 3 N–H and O–H groups in total. The Morgan fingerprint density at radius 2 is 2.14 bits per heavy atom. The molecule has 1 heterocycles. The molecule has 2 atom stereocenters. The summed E-state index contributed by atoms with van der Waals surface area (Å²) in [6, 6.07) is 8.46. The van der Waals surface area contributed by atoms with Gasteiger partial charge < -0.3 is 15.4 Å². The van der Waals surface area contributed by atoms with E-state index in [1.807, 2.05) is 6.07 Å². The van der Waals surface area contributed by atoms with Gasteiger partial charge >= 0.3 is 0 Å². The van der Waals surface area contributed by atoms with Crippen LogP contribution in [0.1, 0.15) is 29.8 Å². The van der Waals surface area contributed by atoms with Gasteiger partial charge in [-0.05, 0) is 37.3 Å². The molecule has 1 amide bonds. The van der Waals surface area contributed by atoms with Gasteiger partial charge in [0, 0.05) is 23.5 Å². The quantitative estimate of drug-likeness (QED) is 0.798. The van der Waals surface area contributed by atoms with Gasteiger partial charge in [0.25, 0.3) is 5.91 Å². The number of aliphatic hydroxyl groups excluding tert-OH is 1. The van der Waals surface area contributed by atoms with Crippen LogP contribution in [0.5, 0.6) is 0 Å². The molecule has 1 aliphatic carbocycles. The maximum absolute atomic E-state index is 12.1. The average Bonchev–Trinajstić information content (AvgIpc) is 2.90. The van der Waals surface area contributed by atoms with Crippen LogP contribution in [-0.4, -0.2) is 28.6 Å². The monoisotopic (exact) mass is 286 g/mol. The first-order chi connectivity index (χ1) is 10.1. The zero-order chi connectivity index (χ0) is 14.8. The highest BCUT2D eigenvalue weighted by molar-refractivity contribution is 5.94. The molecule has 0 saturated heterocycles. The fourth-order valence-corrected chi connectivity index (χ4v) is 2.89. The van der Waals surface area contributed by atoms with Crippen LogP contribution in [0.3, 0.4) is 0 Å². The van der Waals surface area contributed by atoms with Crippen molar-refractivity contribution < 1.29 is 9.90 Å². The van der Waals surface area contributed by atoms with Gasteiger partial charge in [-0.2, -0.15) is 0 Å². The molecule has 0 radical (unpaired) electrons. The van der Waals surface area contributed by atoms with Crippen LogP contribution in [0.2, 0.25) is 0 Å². The van der Waals surface area contributed by atoms with E-state index in [2.05, 4.69) is 10.3 Å². The zero-order valence-electron chi connectivity index (χ0n) is 11.6. The zero-order valence-corrected chi connectivity index (χ0v) is 11.6. The standard InChI is InChI=1S/C16H18N2O3/c19-11-6-5-10(7-11)9-17-16(21)14-8-15(20)12-3-1-2-4-13(12)18-14/h1-4,8,10-11,19H,5-7,9H2,(H,17,21)(H,18,20). The number of nitrogens with one attached hydrogen (secondary N) is 2. The molecule has 21 heavy (non-hydrogen) atoms. The van der Waals surface area contributed by atoms with Crippen LogP contribution in [-0.2, 0) is 0 Å². The molecule has 0 bridgehead atoms. The average molecular weight is 286 g/mol. The summed E-state index contributed by atoms with van der Waals surface area (Å²) in [4.78, 5) is 27.1. The van der Waals surface area contributed by atoms with E-state index in [4.69, 9.17) is 0 Å². The van der Waals surface area contributed by atoms with Gasteiger partial charge in [-0.1, -0.05) is 12.1 Å². The third-order valence-electron chi connectivity index (χ3n) is 4.05. The Bertz CT molecular complexity index is 723. The number of H-pyrrole nitrogens is 1. The lowest BCUT2D eigenvalue weighted by Gasteiger charge is -2.11. The highest BCUT2D eigenvalue weighted by Crippen LogP contribution is 2.24. The second kappa shape index (κ2) is 5.69. The van der Waals surface area contributed by atoms with Crippen LogP contribution < -0.4 is 10.7 Å². The SMILES string of the molecule is O=C(NCC1CCC(O)C1)c1cc(=O)c2ccccc2[nH]1. The number of aromatic nitrogens is 1. The van der Waals surface area contributed by atoms with E-state index in [0.717, 1.165) is 19.3 Å². The number of aliphatic hydroxyl groups is 1. The van der Waals surface area contributed by atoms with E-state index in [0.29, 0.717) is 23.4 Å². The Balaban J connectivity index is 1.74. The van der Waals surface area contributed by atoms with Crippen molar-refractivity contribution in [1.29, 1.82) is 0 Å². The number of pyridine rings is 1. The van der Waals surface area contributed by atoms with E-state index >= 15 is 0 Å². The lowest BCUT2D eigenvalue weighted by Crippen LogP contribution is -2.30. The van der Waals surface area contributed by atoms with Crippen molar-refractivity contribution in [2.24, 2.45) is 5.92 Å². The summed E-state index contributed by atoms with van der Waals surface area (Å²) in [7, 11) is 0. The number of carbonyl (C=O) groups excluding carboxylic acids is 1. The normalized spacial score (nSPS) is 21.6. The Hall–Kier alpha value is -2.14. The van der Waals surface area contributed by atoms with Gasteiger partial charge in [0.05, 0.1) is 6.10 Å². The minimum absolute atomic E-state index is 0.161. The van der Waals surface area contributed by atoms with E-state index in [1.54, 1.807) is 18.2 Å². The molecule has 0 spiro atoms. The van der Waals surface area contributed by atoms with Gasteiger partial charge in [-0.25, -0.2) is 0 Å². The number of amides is 1. The van der Waals surface area contributed by atoms with Gasteiger partial charge in [-0.3, -0.25) is 9.59 Å². The fourth-order valence-electron chi connectivity index (χ4n) is 2.89.